The SMILES string of the molecule is O=C(c1n[nH]c2ccccc12)N(Cc1ccsc1)C1CC1. The fourth-order valence-corrected chi connectivity index (χ4v) is 3.25. The number of nitrogens with one attached hydrogen (secondary N) is 1. The topological polar surface area (TPSA) is 49.0 Å². The Bertz CT molecular complexity index is 774. The number of amides is 1. The molecule has 1 fully saturated rings. The molecule has 4 nitrogen and oxygen atoms in total. The molecule has 0 saturated heterocycles. The number of para-hydroxylation sites is 1. The zero-order valence-electron chi connectivity index (χ0n) is 11.5. The molecule has 1 aliphatic rings. The van der Waals surface area contributed by atoms with E-state index in [4.69, 9.17) is 0 Å². The number of carbonyl (C=O) groups excluding carboxylic acids is 1. The minimum Gasteiger partial charge on any atom is -0.330 e. The van der Waals surface area contributed by atoms with Crippen molar-refractivity contribution >= 4 is 28.1 Å². The molecule has 1 aliphatic carbocycles. The van der Waals surface area contributed by atoms with Gasteiger partial charge in [-0.1, -0.05) is 18.2 Å². The van der Waals surface area contributed by atoms with E-state index < -0.39 is 0 Å². The molecular weight excluding hydrogens is 282 g/mol. The number of hydrogen-bond donors (Lipinski definition) is 1. The number of rotatable bonds is 4. The van der Waals surface area contributed by atoms with E-state index in [9.17, 15) is 4.79 Å². The summed E-state index contributed by atoms with van der Waals surface area (Å²) in [5, 5.41) is 12.2. The fraction of sp³-hybridized carbons (Fsp3) is 0.250. The van der Waals surface area contributed by atoms with Gasteiger partial charge in [-0.2, -0.15) is 16.4 Å². The van der Waals surface area contributed by atoms with Gasteiger partial charge in [-0.15, -0.1) is 0 Å². The summed E-state index contributed by atoms with van der Waals surface area (Å²) >= 11 is 1.67. The van der Waals surface area contributed by atoms with E-state index in [1.165, 1.54) is 5.56 Å². The summed E-state index contributed by atoms with van der Waals surface area (Å²) in [6.07, 6.45) is 2.19. The van der Waals surface area contributed by atoms with Crippen LogP contribution in [-0.4, -0.2) is 27.0 Å². The number of carbonyl (C=O) groups is 1. The Kier molecular flexibility index (Phi) is 3.00. The molecule has 2 aromatic heterocycles. The van der Waals surface area contributed by atoms with Crippen molar-refractivity contribution in [2.24, 2.45) is 0 Å². The first kappa shape index (κ1) is 12.6. The monoisotopic (exact) mass is 297 g/mol. The van der Waals surface area contributed by atoms with Crippen molar-refractivity contribution in [1.29, 1.82) is 0 Å². The third-order valence-electron chi connectivity index (χ3n) is 3.85. The maximum atomic E-state index is 12.9. The Morgan fingerprint density at radius 3 is 2.95 bits per heavy atom. The van der Waals surface area contributed by atoms with Crippen LogP contribution in [0.4, 0.5) is 0 Å². The lowest BCUT2D eigenvalue weighted by atomic mass is 10.2. The standard InChI is InChI=1S/C16H15N3OS/c20-16(15-13-3-1-2-4-14(13)17-18-15)19(12-5-6-12)9-11-7-8-21-10-11/h1-4,7-8,10,12H,5-6,9H2,(H,17,18). The van der Waals surface area contributed by atoms with Gasteiger partial charge >= 0.3 is 0 Å². The van der Waals surface area contributed by atoms with Crippen molar-refractivity contribution in [3.05, 3.63) is 52.3 Å². The molecule has 1 aromatic carbocycles. The molecule has 21 heavy (non-hydrogen) atoms. The third-order valence-corrected chi connectivity index (χ3v) is 4.59. The molecule has 1 saturated carbocycles. The zero-order valence-corrected chi connectivity index (χ0v) is 12.3. The highest BCUT2D eigenvalue weighted by molar-refractivity contribution is 7.07. The number of fused-ring (bicyclic) bond motifs is 1. The lowest BCUT2D eigenvalue weighted by molar-refractivity contribution is 0.0726. The van der Waals surface area contributed by atoms with Crippen LogP contribution in [0.5, 0.6) is 0 Å². The Labute approximate surface area is 126 Å². The van der Waals surface area contributed by atoms with Crippen LogP contribution >= 0.6 is 11.3 Å². The van der Waals surface area contributed by atoms with Crippen LogP contribution in [-0.2, 0) is 6.54 Å². The van der Waals surface area contributed by atoms with Gasteiger partial charge in [-0.05, 0) is 41.3 Å². The summed E-state index contributed by atoms with van der Waals surface area (Å²) in [7, 11) is 0. The Morgan fingerprint density at radius 2 is 2.19 bits per heavy atom. The lowest BCUT2D eigenvalue weighted by Crippen LogP contribution is -2.32. The van der Waals surface area contributed by atoms with Crippen LogP contribution in [0.15, 0.2) is 41.1 Å². The number of nitrogens with zero attached hydrogens (tertiary/aromatic N) is 2. The summed E-state index contributed by atoms with van der Waals surface area (Å²) in [5.41, 5.74) is 2.64. The van der Waals surface area contributed by atoms with E-state index in [1.54, 1.807) is 11.3 Å². The molecule has 4 rings (SSSR count). The second-order valence-corrected chi connectivity index (χ2v) is 6.19. The van der Waals surface area contributed by atoms with Crippen molar-refractivity contribution in [2.75, 3.05) is 0 Å². The van der Waals surface area contributed by atoms with Crippen molar-refractivity contribution < 1.29 is 4.79 Å². The highest BCUT2D eigenvalue weighted by Gasteiger charge is 2.34. The van der Waals surface area contributed by atoms with Crippen LogP contribution in [0, 0.1) is 0 Å². The molecule has 5 heteroatoms. The molecule has 0 spiro atoms. The van der Waals surface area contributed by atoms with E-state index in [2.05, 4.69) is 27.0 Å². The molecule has 1 N–H and O–H groups in total. The van der Waals surface area contributed by atoms with Gasteiger partial charge in [0, 0.05) is 18.0 Å². The molecule has 3 aromatic rings. The highest BCUT2D eigenvalue weighted by atomic mass is 32.1. The Morgan fingerprint density at radius 1 is 1.33 bits per heavy atom. The molecule has 106 valence electrons. The van der Waals surface area contributed by atoms with Gasteiger partial charge in [0.15, 0.2) is 5.69 Å². The van der Waals surface area contributed by atoms with Crippen molar-refractivity contribution in [1.82, 2.24) is 15.1 Å². The number of benzene rings is 1. The summed E-state index contributed by atoms with van der Waals surface area (Å²) in [5.74, 6) is 0.0288. The fourth-order valence-electron chi connectivity index (χ4n) is 2.59. The minimum absolute atomic E-state index is 0.0288. The van der Waals surface area contributed by atoms with Gasteiger partial charge in [0.1, 0.15) is 0 Å². The van der Waals surface area contributed by atoms with E-state index >= 15 is 0 Å². The first-order valence-corrected chi connectivity index (χ1v) is 8.02. The van der Waals surface area contributed by atoms with Gasteiger partial charge < -0.3 is 4.90 Å². The van der Waals surface area contributed by atoms with Gasteiger partial charge in [-0.25, -0.2) is 0 Å². The Hall–Kier alpha value is -2.14. The second kappa shape index (κ2) is 5.00. The smallest absolute Gasteiger partial charge is 0.275 e. The van der Waals surface area contributed by atoms with Gasteiger partial charge in [0.25, 0.3) is 5.91 Å². The summed E-state index contributed by atoms with van der Waals surface area (Å²) < 4.78 is 0. The van der Waals surface area contributed by atoms with Crippen LogP contribution in [0.2, 0.25) is 0 Å². The van der Waals surface area contributed by atoms with Crippen LogP contribution < -0.4 is 0 Å². The predicted octanol–water partition coefficient (Wildman–Crippen LogP) is 3.43. The molecule has 0 aliphatic heterocycles. The molecule has 0 radical (unpaired) electrons. The first-order chi connectivity index (χ1) is 10.3. The summed E-state index contributed by atoms with van der Waals surface area (Å²) in [6.45, 7) is 0.675. The van der Waals surface area contributed by atoms with Crippen molar-refractivity contribution in [2.45, 2.75) is 25.4 Å². The van der Waals surface area contributed by atoms with Crippen LogP contribution in [0.25, 0.3) is 10.9 Å². The number of aromatic nitrogens is 2. The third kappa shape index (κ3) is 2.34. The number of H-pyrrole nitrogens is 1. The van der Waals surface area contributed by atoms with E-state index in [0.29, 0.717) is 18.3 Å². The largest absolute Gasteiger partial charge is 0.330 e. The second-order valence-electron chi connectivity index (χ2n) is 5.41. The minimum atomic E-state index is 0.0288. The molecular formula is C16H15N3OS. The maximum absolute atomic E-state index is 12.9. The van der Waals surface area contributed by atoms with Gasteiger partial charge in [0.05, 0.1) is 5.52 Å². The summed E-state index contributed by atoms with van der Waals surface area (Å²) in [4.78, 5) is 14.8. The normalized spacial score (nSPS) is 14.5. The molecule has 0 unspecified atom stereocenters. The van der Waals surface area contributed by atoms with Crippen LogP contribution in [0.3, 0.4) is 0 Å². The lowest BCUT2D eigenvalue weighted by Gasteiger charge is -2.21. The van der Waals surface area contributed by atoms with E-state index in [1.807, 2.05) is 29.2 Å². The van der Waals surface area contributed by atoms with E-state index in [-0.39, 0.29) is 5.91 Å². The predicted molar refractivity (Wildman–Crippen MR) is 83.3 cm³/mol. The average Bonchev–Trinajstić information content (AvgIpc) is 3.05. The molecule has 0 bridgehead atoms. The highest BCUT2D eigenvalue weighted by Crippen LogP contribution is 2.31. The van der Waals surface area contributed by atoms with Crippen molar-refractivity contribution in [3.63, 3.8) is 0 Å². The maximum Gasteiger partial charge on any atom is 0.275 e. The van der Waals surface area contributed by atoms with Crippen molar-refractivity contribution in [3.8, 4) is 0 Å². The first-order valence-electron chi connectivity index (χ1n) is 7.08. The zero-order chi connectivity index (χ0) is 14.2. The van der Waals surface area contributed by atoms with Crippen LogP contribution in [0.1, 0.15) is 28.9 Å². The molecule has 2 heterocycles. The molecule has 0 atom stereocenters. The average molecular weight is 297 g/mol. The van der Waals surface area contributed by atoms with Gasteiger partial charge in [0.2, 0.25) is 0 Å². The Balaban J connectivity index is 1.67. The summed E-state index contributed by atoms with van der Waals surface area (Å²) in [6, 6.07) is 10.2. The number of hydrogen-bond acceptors (Lipinski definition) is 3. The number of aromatic amines is 1. The quantitative estimate of drug-likeness (QED) is 0.802. The van der Waals surface area contributed by atoms with Gasteiger partial charge in [-0.3, -0.25) is 9.89 Å². The molecule has 1 amide bonds. The van der Waals surface area contributed by atoms with E-state index in [0.717, 1.165) is 23.7 Å². The number of thiophene rings is 1.